The fourth-order valence-corrected chi connectivity index (χ4v) is 1.92. The minimum Gasteiger partial charge on any atom is -0.362 e. The standard InChI is InChI=1S/C11H9F5O2/c1-9(17)7-5-3-2-4-6(7)8(18-9)10(12,13)11(14,15)16/h2-5,8,17H,1H3. The number of alkyl halides is 5. The molecule has 2 unspecified atom stereocenters. The molecular formula is C11H9F5O2. The number of hydrogen-bond acceptors (Lipinski definition) is 2. The molecule has 1 aliphatic rings. The molecule has 1 aliphatic heterocycles. The molecule has 0 bridgehead atoms. The van der Waals surface area contributed by atoms with Gasteiger partial charge in [0.1, 0.15) is 0 Å². The van der Waals surface area contributed by atoms with Crippen molar-refractivity contribution in [3.63, 3.8) is 0 Å². The first-order valence-corrected chi connectivity index (χ1v) is 5.01. The lowest BCUT2D eigenvalue weighted by molar-refractivity contribution is -0.345. The third kappa shape index (κ3) is 1.78. The maximum atomic E-state index is 13.3. The molecule has 2 nitrogen and oxygen atoms in total. The predicted octanol–water partition coefficient (Wildman–Crippen LogP) is 3.12. The molecule has 0 radical (unpaired) electrons. The van der Waals surface area contributed by atoms with Crippen LogP contribution in [0.1, 0.15) is 24.2 Å². The number of rotatable bonds is 1. The van der Waals surface area contributed by atoms with Gasteiger partial charge in [-0.2, -0.15) is 22.0 Å². The van der Waals surface area contributed by atoms with Crippen LogP contribution in [-0.4, -0.2) is 17.2 Å². The lowest BCUT2D eigenvalue weighted by Gasteiger charge is -2.27. The van der Waals surface area contributed by atoms with E-state index in [0.29, 0.717) is 0 Å². The molecular weight excluding hydrogens is 259 g/mol. The quantitative estimate of drug-likeness (QED) is 0.793. The summed E-state index contributed by atoms with van der Waals surface area (Å²) in [4.78, 5) is 0. The van der Waals surface area contributed by atoms with Gasteiger partial charge in [0.05, 0.1) is 0 Å². The second kappa shape index (κ2) is 3.64. The Morgan fingerprint density at radius 2 is 1.72 bits per heavy atom. The van der Waals surface area contributed by atoms with Gasteiger partial charge in [-0.1, -0.05) is 24.3 Å². The molecule has 0 aliphatic carbocycles. The van der Waals surface area contributed by atoms with Crippen LogP contribution in [0, 0.1) is 0 Å². The van der Waals surface area contributed by atoms with Crippen LogP contribution >= 0.6 is 0 Å². The molecule has 2 rings (SSSR count). The van der Waals surface area contributed by atoms with E-state index >= 15 is 0 Å². The topological polar surface area (TPSA) is 29.5 Å². The zero-order valence-corrected chi connectivity index (χ0v) is 9.13. The minimum atomic E-state index is -5.74. The van der Waals surface area contributed by atoms with Crippen molar-refractivity contribution < 1.29 is 31.8 Å². The van der Waals surface area contributed by atoms with Gasteiger partial charge in [0.15, 0.2) is 11.9 Å². The summed E-state index contributed by atoms with van der Waals surface area (Å²) in [7, 11) is 0. The number of hydrogen-bond donors (Lipinski definition) is 1. The van der Waals surface area contributed by atoms with Crippen LogP contribution in [0.4, 0.5) is 22.0 Å². The fraction of sp³-hybridized carbons (Fsp3) is 0.455. The first kappa shape index (κ1) is 13.2. The highest BCUT2D eigenvalue weighted by molar-refractivity contribution is 5.37. The third-order valence-corrected chi connectivity index (χ3v) is 2.80. The summed E-state index contributed by atoms with van der Waals surface area (Å²) in [6.07, 6.45) is -8.28. The number of aliphatic hydroxyl groups is 1. The molecule has 0 aromatic heterocycles. The summed E-state index contributed by atoms with van der Waals surface area (Å²) in [6.45, 7) is 1.03. The highest BCUT2D eigenvalue weighted by atomic mass is 19.4. The molecule has 0 saturated carbocycles. The maximum absolute atomic E-state index is 13.3. The molecule has 2 atom stereocenters. The lowest BCUT2D eigenvalue weighted by atomic mass is 9.97. The molecule has 0 saturated heterocycles. The van der Waals surface area contributed by atoms with Crippen LogP contribution in [0.25, 0.3) is 0 Å². The van der Waals surface area contributed by atoms with E-state index < -0.39 is 24.0 Å². The molecule has 1 aromatic rings. The van der Waals surface area contributed by atoms with Gasteiger partial charge < -0.3 is 9.84 Å². The molecule has 7 heteroatoms. The van der Waals surface area contributed by atoms with Crippen molar-refractivity contribution in [1.29, 1.82) is 0 Å². The number of fused-ring (bicyclic) bond motifs is 1. The normalized spacial score (nSPS) is 28.3. The Morgan fingerprint density at radius 3 is 2.28 bits per heavy atom. The van der Waals surface area contributed by atoms with Crippen molar-refractivity contribution in [1.82, 2.24) is 0 Å². The van der Waals surface area contributed by atoms with Gasteiger partial charge in [0, 0.05) is 5.56 Å². The zero-order valence-electron chi connectivity index (χ0n) is 9.13. The van der Waals surface area contributed by atoms with Crippen LogP contribution in [0.3, 0.4) is 0 Å². The summed E-state index contributed by atoms with van der Waals surface area (Å²) in [5.41, 5.74) is -0.441. The monoisotopic (exact) mass is 268 g/mol. The summed E-state index contributed by atoms with van der Waals surface area (Å²) in [6, 6.07) is 5.07. The second-order valence-electron chi connectivity index (χ2n) is 4.19. The molecule has 1 aromatic carbocycles. The largest absolute Gasteiger partial charge is 0.456 e. The Morgan fingerprint density at radius 1 is 1.17 bits per heavy atom. The average molecular weight is 268 g/mol. The van der Waals surface area contributed by atoms with Gasteiger partial charge in [-0.15, -0.1) is 0 Å². The van der Waals surface area contributed by atoms with E-state index in [1.807, 2.05) is 0 Å². The van der Waals surface area contributed by atoms with E-state index in [2.05, 4.69) is 4.74 Å². The van der Waals surface area contributed by atoms with E-state index in [1.54, 1.807) is 0 Å². The van der Waals surface area contributed by atoms with Crippen molar-refractivity contribution in [3.05, 3.63) is 35.4 Å². The highest BCUT2D eigenvalue weighted by Crippen LogP contribution is 2.53. The van der Waals surface area contributed by atoms with Crippen molar-refractivity contribution >= 4 is 0 Å². The van der Waals surface area contributed by atoms with Crippen molar-refractivity contribution in [3.8, 4) is 0 Å². The van der Waals surface area contributed by atoms with Crippen LogP contribution in [0.5, 0.6) is 0 Å². The van der Waals surface area contributed by atoms with Gasteiger partial charge in [0.25, 0.3) is 0 Å². The van der Waals surface area contributed by atoms with E-state index in [0.717, 1.165) is 13.0 Å². The van der Waals surface area contributed by atoms with Crippen molar-refractivity contribution in [2.45, 2.75) is 30.9 Å². The van der Waals surface area contributed by atoms with Gasteiger partial charge >= 0.3 is 12.1 Å². The highest BCUT2D eigenvalue weighted by Gasteiger charge is 2.66. The van der Waals surface area contributed by atoms with Crippen molar-refractivity contribution in [2.75, 3.05) is 0 Å². The van der Waals surface area contributed by atoms with Crippen LogP contribution in [0.2, 0.25) is 0 Å². The lowest BCUT2D eigenvalue weighted by Crippen LogP contribution is -2.43. The van der Waals surface area contributed by atoms with Gasteiger partial charge in [0.2, 0.25) is 0 Å². The summed E-state index contributed by atoms with van der Waals surface area (Å²) in [5, 5.41) is 9.72. The molecule has 1 heterocycles. The van der Waals surface area contributed by atoms with Crippen molar-refractivity contribution in [2.24, 2.45) is 0 Å². The average Bonchev–Trinajstić information content (AvgIpc) is 2.51. The molecule has 0 amide bonds. The van der Waals surface area contributed by atoms with E-state index in [9.17, 15) is 27.1 Å². The van der Waals surface area contributed by atoms with Crippen LogP contribution in [-0.2, 0) is 10.5 Å². The first-order chi connectivity index (χ1) is 8.07. The Bertz CT molecular complexity index is 467. The smallest absolute Gasteiger partial charge is 0.362 e. The van der Waals surface area contributed by atoms with E-state index in [1.165, 1.54) is 18.2 Å². The Hall–Kier alpha value is -1.21. The molecule has 0 spiro atoms. The predicted molar refractivity (Wildman–Crippen MR) is 50.8 cm³/mol. The van der Waals surface area contributed by atoms with Gasteiger partial charge in [-0.3, -0.25) is 0 Å². The minimum absolute atomic E-state index is 0.0843. The molecule has 0 fully saturated rings. The molecule has 100 valence electrons. The third-order valence-electron chi connectivity index (χ3n) is 2.80. The maximum Gasteiger partial charge on any atom is 0.456 e. The Balaban J connectivity index is 2.52. The summed E-state index contributed by atoms with van der Waals surface area (Å²) in [5.74, 6) is -7.22. The summed E-state index contributed by atoms with van der Waals surface area (Å²) >= 11 is 0. The SMILES string of the molecule is CC1(O)OC(C(F)(F)C(F)(F)F)c2ccccc21. The van der Waals surface area contributed by atoms with Crippen LogP contribution in [0.15, 0.2) is 24.3 Å². The molecule has 1 N–H and O–H groups in total. The number of benzene rings is 1. The number of halogens is 5. The zero-order chi connectivity index (χ0) is 13.8. The van der Waals surface area contributed by atoms with E-state index in [-0.39, 0.29) is 11.1 Å². The van der Waals surface area contributed by atoms with Crippen LogP contribution < -0.4 is 0 Å². The Labute approximate surface area is 99.0 Å². The fourth-order valence-electron chi connectivity index (χ4n) is 1.92. The Kier molecular flexibility index (Phi) is 2.68. The molecule has 18 heavy (non-hydrogen) atoms. The number of ether oxygens (including phenoxy) is 1. The second-order valence-corrected chi connectivity index (χ2v) is 4.19. The van der Waals surface area contributed by atoms with E-state index in [4.69, 9.17) is 0 Å². The van der Waals surface area contributed by atoms with Gasteiger partial charge in [-0.25, -0.2) is 0 Å². The first-order valence-electron chi connectivity index (χ1n) is 5.01. The summed E-state index contributed by atoms with van der Waals surface area (Å²) < 4.78 is 68.0. The van der Waals surface area contributed by atoms with Gasteiger partial charge in [-0.05, 0) is 12.5 Å².